The summed E-state index contributed by atoms with van der Waals surface area (Å²) >= 11 is 0. The maximum Gasteiger partial charge on any atom is 0.245 e. The van der Waals surface area contributed by atoms with Gasteiger partial charge in [0.2, 0.25) is 17.7 Å². The molecule has 2 aromatic rings. The van der Waals surface area contributed by atoms with Gasteiger partial charge in [0.15, 0.2) is 0 Å². The van der Waals surface area contributed by atoms with Crippen LogP contribution < -0.4 is 15.8 Å². The minimum atomic E-state index is -0.807. The van der Waals surface area contributed by atoms with Crippen molar-refractivity contribution in [3.05, 3.63) is 54.1 Å². The van der Waals surface area contributed by atoms with E-state index in [0.29, 0.717) is 38.6 Å². The topological polar surface area (TPSA) is 102 Å². The van der Waals surface area contributed by atoms with Crippen molar-refractivity contribution >= 4 is 17.7 Å². The Hall–Kier alpha value is -3.35. The van der Waals surface area contributed by atoms with Crippen LogP contribution in [0.2, 0.25) is 0 Å². The third-order valence-electron chi connectivity index (χ3n) is 6.62. The lowest BCUT2D eigenvalue weighted by Crippen LogP contribution is -2.56. The first-order valence-electron chi connectivity index (χ1n) is 11.0. The number of benzene rings is 2. The van der Waals surface area contributed by atoms with Crippen LogP contribution in [0.15, 0.2) is 48.5 Å². The lowest BCUT2D eigenvalue weighted by atomic mass is 9.74. The molecule has 2 saturated heterocycles. The van der Waals surface area contributed by atoms with E-state index in [0.717, 1.165) is 22.4 Å². The van der Waals surface area contributed by atoms with Gasteiger partial charge in [0.05, 0.1) is 12.5 Å². The lowest BCUT2D eigenvalue weighted by molar-refractivity contribution is -0.142. The third-order valence-corrected chi connectivity index (χ3v) is 6.62. The highest BCUT2D eigenvalue weighted by Gasteiger charge is 2.43. The Kier molecular flexibility index (Phi) is 6.17. The first-order chi connectivity index (χ1) is 15.4. The summed E-state index contributed by atoms with van der Waals surface area (Å²) in [4.78, 5) is 38.7. The van der Waals surface area contributed by atoms with Gasteiger partial charge in [-0.2, -0.15) is 0 Å². The highest BCUT2D eigenvalue weighted by molar-refractivity contribution is 5.91. The summed E-state index contributed by atoms with van der Waals surface area (Å²) in [6.45, 7) is 0.865. The second-order valence-corrected chi connectivity index (χ2v) is 8.77. The van der Waals surface area contributed by atoms with Gasteiger partial charge in [-0.15, -0.1) is 0 Å². The Labute approximate surface area is 187 Å². The average molecular weight is 436 g/mol. The molecule has 2 aliphatic rings. The molecule has 2 aliphatic heterocycles. The number of nitrogens with zero attached hydrogens (tertiary/aromatic N) is 1. The Bertz CT molecular complexity index is 1000. The molecule has 3 amide bonds. The summed E-state index contributed by atoms with van der Waals surface area (Å²) < 4.78 is 5.21. The van der Waals surface area contributed by atoms with Crippen LogP contribution >= 0.6 is 0 Å². The number of hydrogen-bond acceptors (Lipinski definition) is 4. The fourth-order valence-electron chi connectivity index (χ4n) is 4.76. The highest BCUT2D eigenvalue weighted by Crippen LogP contribution is 2.35. The molecule has 0 aromatic heterocycles. The van der Waals surface area contributed by atoms with Crippen LogP contribution in [0.5, 0.6) is 5.75 Å². The molecule has 2 unspecified atom stereocenters. The monoisotopic (exact) mass is 435 g/mol. The number of ether oxygens (including phenoxy) is 1. The van der Waals surface area contributed by atoms with Gasteiger partial charge in [-0.1, -0.05) is 36.4 Å². The molecule has 2 atom stereocenters. The molecule has 7 nitrogen and oxygen atoms in total. The zero-order valence-corrected chi connectivity index (χ0v) is 18.3. The van der Waals surface area contributed by atoms with Crippen molar-refractivity contribution in [3.8, 4) is 16.9 Å². The molecule has 32 heavy (non-hydrogen) atoms. The number of methoxy groups -OCH3 is 1. The van der Waals surface area contributed by atoms with Crippen LogP contribution in [0, 0.1) is 5.41 Å². The maximum absolute atomic E-state index is 12.9. The molecule has 0 spiro atoms. The fraction of sp³-hybridized carbons (Fsp3) is 0.400. The van der Waals surface area contributed by atoms with Gasteiger partial charge in [-0.05, 0) is 54.5 Å². The molecule has 2 aromatic carbocycles. The highest BCUT2D eigenvalue weighted by atomic mass is 16.5. The predicted molar refractivity (Wildman–Crippen MR) is 121 cm³/mol. The molecular weight excluding hydrogens is 406 g/mol. The van der Waals surface area contributed by atoms with Gasteiger partial charge < -0.3 is 20.7 Å². The number of nitrogens with one attached hydrogen (secondary N) is 1. The number of rotatable bonds is 6. The van der Waals surface area contributed by atoms with Crippen LogP contribution in [0.4, 0.5) is 0 Å². The molecule has 0 aliphatic carbocycles. The molecule has 3 N–H and O–H groups in total. The number of carbonyl (C=O) groups excluding carboxylic acids is 3. The smallest absolute Gasteiger partial charge is 0.245 e. The van der Waals surface area contributed by atoms with Crippen LogP contribution in [0.3, 0.4) is 0 Å². The van der Waals surface area contributed by atoms with Gasteiger partial charge >= 0.3 is 0 Å². The summed E-state index contributed by atoms with van der Waals surface area (Å²) in [7, 11) is 1.64. The zero-order chi connectivity index (χ0) is 22.7. The van der Waals surface area contributed by atoms with Crippen LogP contribution in [-0.4, -0.2) is 48.9 Å². The van der Waals surface area contributed by atoms with Crippen molar-refractivity contribution in [2.75, 3.05) is 20.2 Å². The normalized spacial score (nSPS) is 23.0. The van der Waals surface area contributed by atoms with E-state index in [9.17, 15) is 14.4 Å². The van der Waals surface area contributed by atoms with E-state index in [2.05, 4.69) is 5.32 Å². The van der Waals surface area contributed by atoms with E-state index < -0.39 is 11.5 Å². The number of nitrogens with two attached hydrogens (primary N) is 1. The van der Waals surface area contributed by atoms with Gasteiger partial charge in [0.1, 0.15) is 11.8 Å². The Morgan fingerprint density at radius 2 is 1.78 bits per heavy atom. The van der Waals surface area contributed by atoms with E-state index in [1.807, 2.05) is 48.5 Å². The van der Waals surface area contributed by atoms with Gasteiger partial charge in [-0.25, -0.2) is 0 Å². The van der Waals surface area contributed by atoms with Crippen molar-refractivity contribution in [2.45, 2.75) is 38.1 Å². The summed E-state index contributed by atoms with van der Waals surface area (Å²) in [5.74, 6) is 0.210. The van der Waals surface area contributed by atoms with E-state index in [1.165, 1.54) is 0 Å². The summed E-state index contributed by atoms with van der Waals surface area (Å²) in [5, 5.41) is 2.73. The number of amides is 3. The van der Waals surface area contributed by atoms with E-state index in [-0.39, 0.29) is 24.3 Å². The minimum absolute atomic E-state index is 0.0986. The van der Waals surface area contributed by atoms with E-state index >= 15 is 0 Å². The second-order valence-electron chi connectivity index (χ2n) is 8.77. The third kappa shape index (κ3) is 4.47. The standard InChI is InChI=1S/C25H29N3O4/c1-32-20-9-7-19(8-10-20)18-5-3-17(4-6-18)15-25(24(26)31)13-2-14-28(16-25)23(30)21-11-12-22(29)27-21/h3-10,21H,2,11-16H2,1H3,(H2,26,31)(H,27,29). The summed E-state index contributed by atoms with van der Waals surface area (Å²) in [6.07, 6.45) is 2.70. The lowest BCUT2D eigenvalue weighted by Gasteiger charge is -2.41. The first-order valence-corrected chi connectivity index (χ1v) is 11.0. The van der Waals surface area contributed by atoms with Crippen LogP contribution in [-0.2, 0) is 20.8 Å². The average Bonchev–Trinajstić information content (AvgIpc) is 3.25. The molecule has 0 bridgehead atoms. The van der Waals surface area contributed by atoms with Gasteiger partial charge in [0.25, 0.3) is 0 Å². The molecule has 0 saturated carbocycles. The van der Waals surface area contributed by atoms with Gasteiger partial charge in [0, 0.05) is 19.5 Å². The number of primary amides is 1. The van der Waals surface area contributed by atoms with Crippen molar-refractivity contribution < 1.29 is 19.1 Å². The first kappa shape index (κ1) is 21.9. The molecule has 4 rings (SSSR count). The maximum atomic E-state index is 12.9. The number of hydrogen-bond donors (Lipinski definition) is 2. The molecule has 7 heteroatoms. The Balaban J connectivity index is 1.49. The van der Waals surface area contributed by atoms with Crippen molar-refractivity contribution in [1.29, 1.82) is 0 Å². The second kappa shape index (κ2) is 9.02. The molecule has 0 radical (unpaired) electrons. The minimum Gasteiger partial charge on any atom is -0.497 e. The van der Waals surface area contributed by atoms with Gasteiger partial charge in [-0.3, -0.25) is 14.4 Å². The zero-order valence-electron chi connectivity index (χ0n) is 18.3. The number of carbonyl (C=O) groups is 3. The Morgan fingerprint density at radius 3 is 2.34 bits per heavy atom. The van der Waals surface area contributed by atoms with Crippen LogP contribution in [0.1, 0.15) is 31.2 Å². The largest absolute Gasteiger partial charge is 0.497 e. The number of piperidine rings is 1. The van der Waals surface area contributed by atoms with Crippen LogP contribution in [0.25, 0.3) is 11.1 Å². The Morgan fingerprint density at radius 1 is 1.12 bits per heavy atom. The summed E-state index contributed by atoms with van der Waals surface area (Å²) in [5.41, 5.74) is 8.22. The predicted octanol–water partition coefficient (Wildman–Crippen LogP) is 2.28. The van der Waals surface area contributed by atoms with Crippen molar-refractivity contribution in [2.24, 2.45) is 11.1 Å². The van der Waals surface area contributed by atoms with E-state index in [4.69, 9.17) is 10.5 Å². The van der Waals surface area contributed by atoms with Crippen molar-refractivity contribution in [3.63, 3.8) is 0 Å². The summed E-state index contributed by atoms with van der Waals surface area (Å²) in [6, 6.07) is 15.5. The van der Waals surface area contributed by atoms with E-state index in [1.54, 1.807) is 12.0 Å². The molecular formula is C25H29N3O4. The molecule has 2 heterocycles. The SMILES string of the molecule is COc1ccc(-c2ccc(CC3(C(N)=O)CCCN(C(=O)C4CCC(=O)N4)C3)cc2)cc1. The molecule has 2 fully saturated rings. The number of likely N-dealkylation sites (tertiary alicyclic amines) is 1. The van der Waals surface area contributed by atoms with Crippen molar-refractivity contribution in [1.82, 2.24) is 10.2 Å². The quantitative estimate of drug-likeness (QED) is 0.727. The fourth-order valence-corrected chi connectivity index (χ4v) is 4.76. The molecule has 168 valence electrons.